The standard InChI is InChI=1S/C16H24N2O3/c1-11(19)12-2-4-18(5-3-12)10-13-8-15-16(9-14(13)17)21-7-6-20-15/h8-9,11-12,19H,2-7,10,17H2,1H3. The lowest BCUT2D eigenvalue weighted by Crippen LogP contribution is -2.36. The number of piperidine rings is 1. The first-order valence-electron chi connectivity index (χ1n) is 7.72. The van der Waals surface area contributed by atoms with Gasteiger partial charge in [-0.3, -0.25) is 4.90 Å². The molecule has 0 radical (unpaired) electrons. The number of ether oxygens (including phenoxy) is 2. The largest absolute Gasteiger partial charge is 0.486 e. The van der Waals surface area contributed by atoms with E-state index in [0.29, 0.717) is 19.1 Å². The first kappa shape index (κ1) is 14.5. The van der Waals surface area contributed by atoms with Gasteiger partial charge in [0, 0.05) is 18.3 Å². The highest BCUT2D eigenvalue weighted by atomic mass is 16.6. The zero-order chi connectivity index (χ0) is 14.8. The molecule has 1 saturated heterocycles. The van der Waals surface area contributed by atoms with Gasteiger partial charge in [-0.1, -0.05) is 0 Å². The third-order valence-electron chi connectivity index (χ3n) is 4.51. The summed E-state index contributed by atoms with van der Waals surface area (Å²) < 4.78 is 11.2. The molecule has 0 bridgehead atoms. The van der Waals surface area contributed by atoms with Gasteiger partial charge in [0.15, 0.2) is 11.5 Å². The molecule has 0 aliphatic carbocycles. The van der Waals surface area contributed by atoms with E-state index in [9.17, 15) is 5.11 Å². The second-order valence-corrected chi connectivity index (χ2v) is 6.05. The van der Waals surface area contributed by atoms with E-state index in [1.54, 1.807) is 0 Å². The van der Waals surface area contributed by atoms with Crippen LogP contribution in [0.2, 0.25) is 0 Å². The maximum atomic E-state index is 9.66. The summed E-state index contributed by atoms with van der Waals surface area (Å²) >= 11 is 0. The number of fused-ring (bicyclic) bond motifs is 1. The van der Waals surface area contributed by atoms with Crippen molar-refractivity contribution in [3.63, 3.8) is 0 Å². The van der Waals surface area contributed by atoms with Crippen molar-refractivity contribution < 1.29 is 14.6 Å². The van der Waals surface area contributed by atoms with E-state index in [1.807, 2.05) is 19.1 Å². The van der Waals surface area contributed by atoms with Crippen LogP contribution in [0.1, 0.15) is 25.3 Å². The van der Waals surface area contributed by atoms with E-state index in [2.05, 4.69) is 4.90 Å². The molecule has 5 nitrogen and oxygen atoms in total. The lowest BCUT2D eigenvalue weighted by molar-refractivity contribution is 0.0695. The Morgan fingerprint density at radius 1 is 1.24 bits per heavy atom. The Kier molecular flexibility index (Phi) is 4.22. The first-order chi connectivity index (χ1) is 10.1. The summed E-state index contributed by atoms with van der Waals surface area (Å²) in [5.74, 6) is 1.97. The zero-order valence-corrected chi connectivity index (χ0v) is 12.5. The van der Waals surface area contributed by atoms with Gasteiger partial charge in [0.1, 0.15) is 13.2 Å². The van der Waals surface area contributed by atoms with Gasteiger partial charge in [-0.25, -0.2) is 0 Å². The Balaban J connectivity index is 1.65. The fourth-order valence-corrected chi connectivity index (χ4v) is 3.12. The van der Waals surface area contributed by atoms with Crippen LogP contribution in [0.15, 0.2) is 12.1 Å². The van der Waals surface area contributed by atoms with Gasteiger partial charge >= 0.3 is 0 Å². The predicted octanol–water partition coefficient (Wildman–Crippen LogP) is 1.63. The van der Waals surface area contributed by atoms with Crippen LogP contribution >= 0.6 is 0 Å². The van der Waals surface area contributed by atoms with E-state index in [1.165, 1.54) is 0 Å². The molecule has 2 aliphatic heterocycles. The number of rotatable bonds is 3. The van der Waals surface area contributed by atoms with Crippen molar-refractivity contribution in [2.24, 2.45) is 5.92 Å². The van der Waals surface area contributed by atoms with Gasteiger partial charge in [0.2, 0.25) is 0 Å². The van der Waals surface area contributed by atoms with E-state index < -0.39 is 0 Å². The minimum absolute atomic E-state index is 0.202. The van der Waals surface area contributed by atoms with Crippen molar-refractivity contribution in [3.05, 3.63) is 17.7 Å². The summed E-state index contributed by atoms with van der Waals surface area (Å²) in [6, 6.07) is 3.87. The minimum Gasteiger partial charge on any atom is -0.486 e. The summed E-state index contributed by atoms with van der Waals surface area (Å²) in [5.41, 5.74) is 7.99. The number of benzene rings is 1. The molecule has 2 aliphatic rings. The molecule has 3 rings (SSSR count). The molecule has 3 N–H and O–H groups in total. The molecule has 116 valence electrons. The smallest absolute Gasteiger partial charge is 0.163 e. The molecule has 0 amide bonds. The molecule has 1 aromatic rings. The number of likely N-dealkylation sites (tertiary alicyclic amines) is 1. The van der Waals surface area contributed by atoms with Crippen molar-refractivity contribution in [1.29, 1.82) is 0 Å². The van der Waals surface area contributed by atoms with Crippen molar-refractivity contribution in [1.82, 2.24) is 4.90 Å². The first-order valence-corrected chi connectivity index (χ1v) is 7.72. The number of anilines is 1. The Morgan fingerprint density at radius 2 is 1.86 bits per heavy atom. The fraction of sp³-hybridized carbons (Fsp3) is 0.625. The highest BCUT2D eigenvalue weighted by molar-refractivity contribution is 5.58. The summed E-state index contributed by atoms with van der Waals surface area (Å²) in [6.45, 7) is 5.90. The maximum absolute atomic E-state index is 9.66. The van der Waals surface area contributed by atoms with Crippen molar-refractivity contribution >= 4 is 5.69 Å². The predicted molar refractivity (Wildman–Crippen MR) is 81.5 cm³/mol. The second-order valence-electron chi connectivity index (χ2n) is 6.05. The van der Waals surface area contributed by atoms with Crippen LogP contribution in [-0.4, -0.2) is 42.4 Å². The van der Waals surface area contributed by atoms with Crippen LogP contribution in [0.3, 0.4) is 0 Å². The molecule has 21 heavy (non-hydrogen) atoms. The third-order valence-corrected chi connectivity index (χ3v) is 4.51. The topological polar surface area (TPSA) is 68.0 Å². The Hall–Kier alpha value is -1.46. The average molecular weight is 292 g/mol. The Morgan fingerprint density at radius 3 is 2.48 bits per heavy atom. The van der Waals surface area contributed by atoms with Crippen LogP contribution in [0, 0.1) is 5.92 Å². The zero-order valence-electron chi connectivity index (χ0n) is 12.5. The Bertz CT molecular complexity index is 497. The summed E-state index contributed by atoms with van der Waals surface area (Å²) in [7, 11) is 0. The number of hydrogen-bond donors (Lipinski definition) is 2. The molecular formula is C16H24N2O3. The lowest BCUT2D eigenvalue weighted by atomic mass is 9.92. The summed E-state index contributed by atoms with van der Waals surface area (Å²) in [6.07, 6.45) is 1.89. The van der Waals surface area contributed by atoms with E-state index in [0.717, 1.165) is 55.2 Å². The van der Waals surface area contributed by atoms with E-state index >= 15 is 0 Å². The quantitative estimate of drug-likeness (QED) is 0.829. The molecule has 0 saturated carbocycles. The van der Waals surface area contributed by atoms with Gasteiger partial charge in [0.25, 0.3) is 0 Å². The SMILES string of the molecule is CC(O)C1CCN(Cc2cc3c(cc2N)OCCO3)CC1. The highest BCUT2D eigenvalue weighted by Crippen LogP contribution is 2.35. The molecule has 1 unspecified atom stereocenters. The van der Waals surface area contributed by atoms with Gasteiger partial charge in [-0.2, -0.15) is 0 Å². The summed E-state index contributed by atoms with van der Waals surface area (Å²) in [4.78, 5) is 2.39. The summed E-state index contributed by atoms with van der Waals surface area (Å²) in [5, 5.41) is 9.66. The molecule has 1 aromatic carbocycles. The van der Waals surface area contributed by atoms with Gasteiger partial charge in [-0.05, 0) is 50.4 Å². The monoisotopic (exact) mass is 292 g/mol. The van der Waals surface area contributed by atoms with Crippen molar-refractivity contribution in [3.8, 4) is 11.5 Å². The third kappa shape index (κ3) is 3.24. The number of nitrogens with zero attached hydrogens (tertiary/aromatic N) is 1. The van der Waals surface area contributed by atoms with Gasteiger partial charge in [-0.15, -0.1) is 0 Å². The number of hydrogen-bond acceptors (Lipinski definition) is 5. The molecule has 0 aromatic heterocycles. The van der Waals surface area contributed by atoms with Crippen LogP contribution in [0.5, 0.6) is 11.5 Å². The molecule has 2 heterocycles. The van der Waals surface area contributed by atoms with Crippen LogP contribution in [0.4, 0.5) is 5.69 Å². The van der Waals surface area contributed by atoms with E-state index in [4.69, 9.17) is 15.2 Å². The minimum atomic E-state index is -0.202. The van der Waals surface area contributed by atoms with Gasteiger partial charge in [0.05, 0.1) is 6.10 Å². The fourth-order valence-electron chi connectivity index (χ4n) is 3.12. The van der Waals surface area contributed by atoms with Crippen LogP contribution in [-0.2, 0) is 6.54 Å². The lowest BCUT2D eigenvalue weighted by Gasteiger charge is -2.33. The number of aliphatic hydroxyl groups is 1. The molecule has 5 heteroatoms. The van der Waals surface area contributed by atoms with Crippen molar-refractivity contribution in [2.75, 3.05) is 32.0 Å². The highest BCUT2D eigenvalue weighted by Gasteiger charge is 2.23. The molecule has 1 atom stereocenters. The normalized spacial score (nSPS) is 21.2. The van der Waals surface area contributed by atoms with Crippen LogP contribution < -0.4 is 15.2 Å². The molecular weight excluding hydrogens is 268 g/mol. The maximum Gasteiger partial charge on any atom is 0.163 e. The Labute approximate surface area is 125 Å². The van der Waals surface area contributed by atoms with Crippen LogP contribution in [0.25, 0.3) is 0 Å². The average Bonchev–Trinajstić information content (AvgIpc) is 2.48. The van der Waals surface area contributed by atoms with Crippen molar-refractivity contribution in [2.45, 2.75) is 32.4 Å². The number of nitrogens with two attached hydrogens (primary N) is 1. The second kappa shape index (κ2) is 6.12. The number of aliphatic hydroxyl groups excluding tert-OH is 1. The molecule has 0 spiro atoms. The van der Waals surface area contributed by atoms with E-state index in [-0.39, 0.29) is 6.10 Å². The molecule has 1 fully saturated rings. The van der Waals surface area contributed by atoms with Gasteiger partial charge < -0.3 is 20.3 Å². The number of nitrogen functional groups attached to an aromatic ring is 1.